The maximum atomic E-state index is 13.2. The summed E-state index contributed by atoms with van der Waals surface area (Å²) < 4.78 is 14.8. The lowest BCUT2D eigenvalue weighted by molar-refractivity contribution is 0.0535. The standard InChI is InChI=1S/C22H21FN4O2/c1-16-20(15-24-27(16)19-9-7-18(23)8-10-19)22(29)26-13-11-25(12-14-26)21(28)17-5-3-2-4-6-17/h2-10,15H,11-14H2,1H3. The van der Waals surface area contributed by atoms with Crippen molar-refractivity contribution in [3.05, 3.63) is 83.4 Å². The van der Waals surface area contributed by atoms with Gasteiger partial charge in [-0.3, -0.25) is 9.59 Å². The van der Waals surface area contributed by atoms with Crippen LogP contribution in [0.3, 0.4) is 0 Å². The molecule has 2 amide bonds. The first-order chi connectivity index (χ1) is 14.0. The van der Waals surface area contributed by atoms with Crippen molar-refractivity contribution in [2.24, 2.45) is 0 Å². The Hall–Kier alpha value is -3.48. The Balaban J connectivity index is 1.44. The zero-order valence-electron chi connectivity index (χ0n) is 16.1. The largest absolute Gasteiger partial charge is 0.335 e. The number of carbonyl (C=O) groups is 2. The van der Waals surface area contributed by atoms with E-state index < -0.39 is 0 Å². The second-order valence-electron chi connectivity index (χ2n) is 6.98. The first-order valence-corrected chi connectivity index (χ1v) is 9.49. The van der Waals surface area contributed by atoms with E-state index in [9.17, 15) is 14.0 Å². The lowest BCUT2D eigenvalue weighted by Gasteiger charge is -2.34. The molecular formula is C22H21FN4O2. The number of hydrogen-bond donors (Lipinski definition) is 0. The maximum absolute atomic E-state index is 13.2. The van der Waals surface area contributed by atoms with E-state index in [2.05, 4.69) is 5.10 Å². The fourth-order valence-corrected chi connectivity index (χ4v) is 3.51. The molecule has 2 heterocycles. The van der Waals surface area contributed by atoms with Gasteiger partial charge >= 0.3 is 0 Å². The zero-order valence-corrected chi connectivity index (χ0v) is 16.1. The van der Waals surface area contributed by atoms with Gasteiger partial charge in [-0.25, -0.2) is 9.07 Å². The summed E-state index contributed by atoms with van der Waals surface area (Å²) in [6, 6.07) is 15.1. The van der Waals surface area contributed by atoms with E-state index in [1.165, 1.54) is 12.1 Å². The van der Waals surface area contributed by atoms with E-state index in [-0.39, 0.29) is 17.6 Å². The van der Waals surface area contributed by atoms with Gasteiger partial charge in [0.2, 0.25) is 0 Å². The third-order valence-corrected chi connectivity index (χ3v) is 5.19. The fourth-order valence-electron chi connectivity index (χ4n) is 3.51. The first kappa shape index (κ1) is 18.9. The number of hydrogen-bond acceptors (Lipinski definition) is 3. The molecular weight excluding hydrogens is 371 g/mol. The molecule has 0 aliphatic carbocycles. The number of nitrogens with zero attached hydrogens (tertiary/aromatic N) is 4. The molecule has 7 heteroatoms. The number of halogens is 1. The monoisotopic (exact) mass is 392 g/mol. The van der Waals surface area contributed by atoms with Crippen molar-refractivity contribution >= 4 is 11.8 Å². The van der Waals surface area contributed by atoms with Crippen LogP contribution in [-0.4, -0.2) is 57.6 Å². The molecule has 0 bridgehead atoms. The van der Waals surface area contributed by atoms with Gasteiger partial charge in [-0.2, -0.15) is 5.10 Å². The summed E-state index contributed by atoms with van der Waals surface area (Å²) in [5.74, 6) is -0.446. The van der Waals surface area contributed by atoms with Gasteiger partial charge < -0.3 is 9.80 Å². The van der Waals surface area contributed by atoms with Gasteiger partial charge in [0.25, 0.3) is 11.8 Å². The highest BCUT2D eigenvalue weighted by atomic mass is 19.1. The van der Waals surface area contributed by atoms with Crippen molar-refractivity contribution in [1.82, 2.24) is 19.6 Å². The van der Waals surface area contributed by atoms with Gasteiger partial charge in [-0.05, 0) is 43.3 Å². The highest BCUT2D eigenvalue weighted by Gasteiger charge is 2.27. The molecule has 1 saturated heterocycles. The minimum absolute atomic E-state index is 0.0157. The molecule has 0 saturated carbocycles. The average Bonchev–Trinajstić information content (AvgIpc) is 3.15. The zero-order chi connectivity index (χ0) is 20.4. The highest BCUT2D eigenvalue weighted by Crippen LogP contribution is 2.18. The van der Waals surface area contributed by atoms with Gasteiger partial charge in [-0.1, -0.05) is 18.2 Å². The fraction of sp³-hybridized carbons (Fsp3) is 0.227. The Bertz CT molecular complexity index is 1020. The molecule has 2 aromatic carbocycles. The van der Waals surface area contributed by atoms with Crippen LogP contribution in [0.25, 0.3) is 5.69 Å². The molecule has 1 aromatic heterocycles. The summed E-state index contributed by atoms with van der Waals surface area (Å²) in [5.41, 5.74) is 2.56. The third-order valence-electron chi connectivity index (χ3n) is 5.19. The second kappa shape index (κ2) is 7.87. The van der Waals surface area contributed by atoms with E-state index in [0.717, 1.165) is 0 Å². The minimum atomic E-state index is -0.322. The van der Waals surface area contributed by atoms with Gasteiger partial charge in [0, 0.05) is 31.7 Å². The summed E-state index contributed by atoms with van der Waals surface area (Å²) in [6.45, 7) is 3.74. The van der Waals surface area contributed by atoms with Crippen molar-refractivity contribution < 1.29 is 14.0 Å². The van der Waals surface area contributed by atoms with Crippen LogP contribution in [0.2, 0.25) is 0 Å². The molecule has 0 unspecified atom stereocenters. The SMILES string of the molecule is Cc1c(C(=O)N2CCN(C(=O)c3ccccc3)CC2)cnn1-c1ccc(F)cc1. The molecule has 1 aliphatic heterocycles. The molecule has 1 fully saturated rings. The van der Waals surface area contributed by atoms with E-state index in [4.69, 9.17) is 0 Å². The summed E-state index contributed by atoms with van der Waals surface area (Å²) in [5, 5.41) is 4.30. The van der Waals surface area contributed by atoms with Crippen molar-refractivity contribution in [2.75, 3.05) is 26.2 Å². The van der Waals surface area contributed by atoms with Crippen molar-refractivity contribution in [3.8, 4) is 5.69 Å². The number of rotatable bonds is 3. The van der Waals surface area contributed by atoms with Gasteiger partial charge in [-0.15, -0.1) is 0 Å². The number of aromatic nitrogens is 2. The van der Waals surface area contributed by atoms with Crippen LogP contribution >= 0.6 is 0 Å². The topological polar surface area (TPSA) is 58.4 Å². The van der Waals surface area contributed by atoms with Crippen molar-refractivity contribution in [3.63, 3.8) is 0 Å². The van der Waals surface area contributed by atoms with E-state index >= 15 is 0 Å². The Kier molecular flexibility index (Phi) is 5.12. The Labute approximate surface area is 168 Å². The van der Waals surface area contributed by atoms with E-state index in [1.807, 2.05) is 25.1 Å². The molecule has 29 heavy (non-hydrogen) atoms. The maximum Gasteiger partial charge on any atom is 0.257 e. The minimum Gasteiger partial charge on any atom is -0.335 e. The number of piperazine rings is 1. The van der Waals surface area contributed by atoms with Crippen LogP contribution in [0.1, 0.15) is 26.4 Å². The van der Waals surface area contributed by atoms with Crippen LogP contribution in [0, 0.1) is 12.7 Å². The number of amides is 2. The van der Waals surface area contributed by atoms with E-state index in [1.54, 1.807) is 44.9 Å². The lowest BCUT2D eigenvalue weighted by atomic mass is 10.1. The van der Waals surface area contributed by atoms with Crippen LogP contribution in [0.15, 0.2) is 60.8 Å². The van der Waals surface area contributed by atoms with Gasteiger partial charge in [0.05, 0.1) is 23.1 Å². The van der Waals surface area contributed by atoms with Crippen LogP contribution in [-0.2, 0) is 0 Å². The van der Waals surface area contributed by atoms with Gasteiger partial charge in [0.1, 0.15) is 5.82 Å². The molecule has 0 spiro atoms. The highest BCUT2D eigenvalue weighted by molar-refractivity contribution is 5.96. The molecule has 4 rings (SSSR count). The average molecular weight is 392 g/mol. The van der Waals surface area contributed by atoms with Crippen LogP contribution in [0.5, 0.6) is 0 Å². The molecule has 1 aliphatic rings. The first-order valence-electron chi connectivity index (χ1n) is 9.49. The second-order valence-corrected chi connectivity index (χ2v) is 6.98. The number of carbonyl (C=O) groups excluding carboxylic acids is 2. The Morgan fingerprint density at radius 2 is 1.45 bits per heavy atom. The van der Waals surface area contributed by atoms with Crippen molar-refractivity contribution in [2.45, 2.75) is 6.92 Å². The predicted octanol–water partition coefficient (Wildman–Crippen LogP) is 2.92. The molecule has 148 valence electrons. The lowest BCUT2D eigenvalue weighted by Crippen LogP contribution is -2.50. The van der Waals surface area contributed by atoms with Crippen LogP contribution in [0.4, 0.5) is 4.39 Å². The molecule has 0 radical (unpaired) electrons. The third kappa shape index (κ3) is 3.76. The predicted molar refractivity (Wildman–Crippen MR) is 107 cm³/mol. The van der Waals surface area contributed by atoms with Crippen LogP contribution < -0.4 is 0 Å². The van der Waals surface area contributed by atoms with E-state index in [0.29, 0.717) is 48.7 Å². The Morgan fingerprint density at radius 1 is 0.862 bits per heavy atom. The quantitative estimate of drug-likeness (QED) is 0.689. The molecule has 0 N–H and O–H groups in total. The summed E-state index contributed by atoms with van der Waals surface area (Å²) in [4.78, 5) is 29.1. The molecule has 6 nitrogen and oxygen atoms in total. The summed E-state index contributed by atoms with van der Waals surface area (Å²) >= 11 is 0. The normalized spacial score (nSPS) is 14.1. The van der Waals surface area contributed by atoms with Gasteiger partial charge in [0.15, 0.2) is 0 Å². The smallest absolute Gasteiger partial charge is 0.257 e. The summed E-state index contributed by atoms with van der Waals surface area (Å²) in [6.07, 6.45) is 1.54. The van der Waals surface area contributed by atoms with Crippen molar-refractivity contribution in [1.29, 1.82) is 0 Å². The number of benzene rings is 2. The molecule has 0 atom stereocenters. The Morgan fingerprint density at radius 3 is 2.07 bits per heavy atom. The summed E-state index contributed by atoms with van der Waals surface area (Å²) in [7, 11) is 0. The molecule has 3 aromatic rings.